The van der Waals surface area contributed by atoms with Gasteiger partial charge in [0.1, 0.15) is 11.7 Å². The Morgan fingerprint density at radius 1 is 0.838 bits per heavy atom. The van der Waals surface area contributed by atoms with Crippen LogP contribution in [0.2, 0.25) is 0 Å². The molecule has 1 unspecified atom stereocenters. The van der Waals surface area contributed by atoms with E-state index in [9.17, 15) is 34.8 Å². The molecule has 0 fully saturated rings. The van der Waals surface area contributed by atoms with Gasteiger partial charge in [-0.2, -0.15) is 0 Å². The van der Waals surface area contributed by atoms with E-state index in [0.29, 0.717) is 0 Å². The smallest absolute Gasteiger partial charge is 0.342 e. The Morgan fingerprint density at radius 2 is 1.43 bits per heavy atom. The fourth-order valence-corrected chi connectivity index (χ4v) is 3.57. The topological polar surface area (TPSA) is 157 Å². The Labute approximate surface area is 213 Å². The number of benzene rings is 3. The average Bonchev–Trinajstić information content (AvgIpc) is 2.87. The molecule has 194 valence electrons. The van der Waals surface area contributed by atoms with Crippen LogP contribution in [0.1, 0.15) is 39.6 Å². The van der Waals surface area contributed by atoms with Gasteiger partial charge in [-0.1, -0.05) is 42.5 Å². The van der Waals surface area contributed by atoms with Crippen LogP contribution < -0.4 is 5.32 Å². The summed E-state index contributed by atoms with van der Waals surface area (Å²) in [5.41, 5.74) is 0.525. The Morgan fingerprint density at radius 3 is 2.08 bits per heavy atom. The number of phenolic OH excluding ortho intramolecular Hbond substituents is 4. The molecule has 1 atom stereocenters. The fourth-order valence-electron chi connectivity index (χ4n) is 3.57. The van der Waals surface area contributed by atoms with Gasteiger partial charge in [0, 0.05) is 19.6 Å². The molecule has 0 radical (unpaired) electrons. The highest BCUT2D eigenvalue weighted by Gasteiger charge is 2.23. The van der Waals surface area contributed by atoms with E-state index in [0.717, 1.165) is 5.56 Å². The van der Waals surface area contributed by atoms with E-state index in [2.05, 4.69) is 5.32 Å². The van der Waals surface area contributed by atoms with Crippen molar-refractivity contribution in [2.75, 3.05) is 13.1 Å². The van der Waals surface area contributed by atoms with Crippen molar-refractivity contribution in [3.8, 4) is 23.0 Å². The lowest BCUT2D eigenvalue weighted by Crippen LogP contribution is -2.39. The maximum atomic E-state index is 13.1. The van der Waals surface area contributed by atoms with Crippen molar-refractivity contribution in [2.45, 2.75) is 26.0 Å². The normalized spacial score (nSPS) is 11.4. The lowest BCUT2D eigenvalue weighted by atomic mass is 10.1. The molecule has 2 amide bonds. The van der Waals surface area contributed by atoms with Crippen molar-refractivity contribution in [1.82, 2.24) is 10.2 Å². The van der Waals surface area contributed by atoms with Gasteiger partial charge in [0.2, 0.25) is 5.91 Å². The molecule has 0 saturated heterocycles. The second kappa shape index (κ2) is 12.3. The molecule has 0 spiro atoms. The molecular formula is C27H28N2O8. The number of carbonyl (C=O) groups is 3. The number of amides is 2. The minimum atomic E-state index is -0.888. The van der Waals surface area contributed by atoms with Gasteiger partial charge in [-0.25, -0.2) is 4.79 Å². The second-order valence-corrected chi connectivity index (χ2v) is 8.32. The van der Waals surface area contributed by atoms with E-state index in [1.54, 1.807) is 0 Å². The Balaban J connectivity index is 1.63. The average molecular weight is 509 g/mol. The number of para-hydroxylation sites is 2. The summed E-state index contributed by atoms with van der Waals surface area (Å²) >= 11 is 0. The number of rotatable bonds is 10. The minimum absolute atomic E-state index is 0.0534. The van der Waals surface area contributed by atoms with Crippen molar-refractivity contribution in [2.24, 2.45) is 0 Å². The van der Waals surface area contributed by atoms with Crippen molar-refractivity contribution < 1.29 is 39.5 Å². The summed E-state index contributed by atoms with van der Waals surface area (Å²) in [4.78, 5) is 39.4. The third-order valence-corrected chi connectivity index (χ3v) is 5.50. The standard InChI is InChI=1S/C27H28N2O8/c1-17(37-27(36)20-10-6-12-22(31)25(20)34)15-23(32)29(16-18-7-3-2-4-8-18)14-13-28-26(35)19-9-5-11-21(30)24(19)33/h2-12,17,30-31,33-34H,13-16H2,1H3,(H,28,35). The van der Waals surface area contributed by atoms with Gasteiger partial charge in [0.25, 0.3) is 5.91 Å². The van der Waals surface area contributed by atoms with Crippen LogP contribution in [-0.4, -0.2) is 62.3 Å². The first-order valence-corrected chi connectivity index (χ1v) is 11.5. The van der Waals surface area contributed by atoms with Gasteiger partial charge in [0.05, 0.1) is 12.0 Å². The summed E-state index contributed by atoms with van der Waals surface area (Å²) in [6.45, 7) is 1.94. The number of phenols is 4. The van der Waals surface area contributed by atoms with E-state index in [1.807, 2.05) is 30.3 Å². The monoisotopic (exact) mass is 508 g/mol. The quantitative estimate of drug-likeness (QED) is 0.207. The van der Waals surface area contributed by atoms with Gasteiger partial charge in [-0.3, -0.25) is 9.59 Å². The van der Waals surface area contributed by atoms with Crippen LogP contribution in [0.4, 0.5) is 0 Å². The molecule has 10 nitrogen and oxygen atoms in total. The molecule has 0 aliphatic heterocycles. The number of nitrogens with one attached hydrogen (secondary N) is 1. The lowest BCUT2D eigenvalue weighted by molar-refractivity contribution is -0.133. The first-order valence-electron chi connectivity index (χ1n) is 11.5. The molecule has 0 saturated carbocycles. The fraction of sp³-hybridized carbons (Fsp3) is 0.222. The molecule has 0 heterocycles. The van der Waals surface area contributed by atoms with Gasteiger partial charge in [0.15, 0.2) is 23.0 Å². The molecule has 0 aromatic heterocycles. The number of aromatic hydroxyl groups is 4. The predicted molar refractivity (Wildman–Crippen MR) is 133 cm³/mol. The SMILES string of the molecule is CC(CC(=O)N(CCNC(=O)c1cccc(O)c1O)Cc1ccccc1)OC(=O)c1cccc(O)c1O. The van der Waals surface area contributed by atoms with E-state index >= 15 is 0 Å². The zero-order valence-corrected chi connectivity index (χ0v) is 20.1. The first kappa shape index (κ1) is 26.9. The number of ether oxygens (including phenoxy) is 1. The van der Waals surface area contributed by atoms with Crippen LogP contribution in [0, 0.1) is 0 Å². The largest absolute Gasteiger partial charge is 0.504 e. The van der Waals surface area contributed by atoms with Crippen molar-refractivity contribution >= 4 is 17.8 Å². The first-order chi connectivity index (χ1) is 17.7. The van der Waals surface area contributed by atoms with Crippen LogP contribution in [-0.2, 0) is 16.1 Å². The Hall–Kier alpha value is -4.73. The van der Waals surface area contributed by atoms with Gasteiger partial charge in [-0.15, -0.1) is 0 Å². The Kier molecular flexibility index (Phi) is 8.93. The number of hydrogen-bond donors (Lipinski definition) is 5. The van der Waals surface area contributed by atoms with Gasteiger partial charge < -0.3 is 35.4 Å². The van der Waals surface area contributed by atoms with E-state index < -0.39 is 41.0 Å². The highest BCUT2D eigenvalue weighted by atomic mass is 16.5. The highest BCUT2D eigenvalue weighted by molar-refractivity contribution is 5.97. The van der Waals surface area contributed by atoms with E-state index in [-0.39, 0.29) is 43.1 Å². The lowest BCUT2D eigenvalue weighted by Gasteiger charge is -2.25. The van der Waals surface area contributed by atoms with E-state index in [1.165, 1.54) is 48.2 Å². The van der Waals surface area contributed by atoms with Crippen LogP contribution in [0.25, 0.3) is 0 Å². The number of esters is 1. The molecule has 0 bridgehead atoms. The number of nitrogens with zero attached hydrogens (tertiary/aromatic N) is 1. The molecule has 37 heavy (non-hydrogen) atoms. The summed E-state index contributed by atoms with van der Waals surface area (Å²) < 4.78 is 5.29. The van der Waals surface area contributed by atoms with Crippen LogP contribution in [0.15, 0.2) is 66.7 Å². The third kappa shape index (κ3) is 7.14. The van der Waals surface area contributed by atoms with Crippen molar-refractivity contribution in [1.29, 1.82) is 0 Å². The van der Waals surface area contributed by atoms with Crippen molar-refractivity contribution in [3.63, 3.8) is 0 Å². The zero-order chi connectivity index (χ0) is 26.9. The predicted octanol–water partition coefficient (Wildman–Crippen LogP) is 2.90. The van der Waals surface area contributed by atoms with Crippen LogP contribution in [0.5, 0.6) is 23.0 Å². The maximum absolute atomic E-state index is 13.1. The van der Waals surface area contributed by atoms with Gasteiger partial charge >= 0.3 is 5.97 Å². The molecule has 3 rings (SSSR count). The summed E-state index contributed by atoms with van der Waals surface area (Å²) in [5.74, 6) is -3.88. The zero-order valence-electron chi connectivity index (χ0n) is 20.1. The van der Waals surface area contributed by atoms with Crippen LogP contribution >= 0.6 is 0 Å². The van der Waals surface area contributed by atoms with E-state index in [4.69, 9.17) is 4.74 Å². The summed E-state index contributed by atoms with van der Waals surface area (Å²) in [7, 11) is 0. The maximum Gasteiger partial charge on any atom is 0.342 e. The summed E-state index contributed by atoms with van der Waals surface area (Å²) in [5, 5.41) is 41.6. The molecule has 3 aromatic rings. The molecular weight excluding hydrogens is 480 g/mol. The summed E-state index contributed by atoms with van der Waals surface area (Å²) in [6.07, 6.45) is -1.02. The molecule has 0 aliphatic carbocycles. The molecule has 10 heteroatoms. The van der Waals surface area contributed by atoms with Gasteiger partial charge in [-0.05, 0) is 36.8 Å². The highest BCUT2D eigenvalue weighted by Crippen LogP contribution is 2.29. The third-order valence-electron chi connectivity index (χ3n) is 5.50. The molecule has 3 aromatic carbocycles. The minimum Gasteiger partial charge on any atom is -0.504 e. The molecule has 5 N–H and O–H groups in total. The van der Waals surface area contributed by atoms with Crippen LogP contribution in [0.3, 0.4) is 0 Å². The number of hydrogen-bond acceptors (Lipinski definition) is 8. The summed E-state index contributed by atoms with van der Waals surface area (Å²) in [6, 6.07) is 17.1. The Bertz CT molecular complexity index is 1260. The second-order valence-electron chi connectivity index (χ2n) is 8.32. The molecule has 0 aliphatic rings. The number of carbonyl (C=O) groups excluding carboxylic acids is 3. The van der Waals surface area contributed by atoms with Crippen molar-refractivity contribution in [3.05, 3.63) is 83.4 Å².